The number of tetrazole rings is 1. The predicted octanol–water partition coefficient (Wildman–Crippen LogP) is 1.68. The van der Waals surface area contributed by atoms with Crippen molar-refractivity contribution in [2.24, 2.45) is 0 Å². The molecule has 0 radical (unpaired) electrons. The molecule has 0 atom stereocenters. The van der Waals surface area contributed by atoms with Crippen LogP contribution in [0.3, 0.4) is 0 Å². The van der Waals surface area contributed by atoms with E-state index in [0.29, 0.717) is 10.8 Å². The summed E-state index contributed by atoms with van der Waals surface area (Å²) in [6.45, 7) is 0. The van der Waals surface area contributed by atoms with E-state index in [4.69, 9.17) is 0 Å². The molecule has 0 saturated carbocycles. The summed E-state index contributed by atoms with van der Waals surface area (Å²) in [7, 11) is -2.90. The second-order valence-corrected chi connectivity index (χ2v) is 7.86. The molecule has 0 unspecified atom stereocenters. The summed E-state index contributed by atoms with van der Waals surface area (Å²) in [6.07, 6.45) is 1.82. The Hall–Kier alpha value is -3.12. The standard InChI is InChI=1S/C16H15N5O5S2/c1-26-15(23)13-9-12(6-7-14(13)22)28(24,25)18-10-4-3-5-11(8-10)21-16(27-2)17-19-20-21/h3-9,18,22H,1-2H3. The summed E-state index contributed by atoms with van der Waals surface area (Å²) in [5.74, 6) is -1.23. The average Bonchev–Trinajstić information content (AvgIpc) is 3.16. The lowest BCUT2D eigenvalue weighted by molar-refractivity contribution is 0.0597. The molecule has 0 aliphatic carbocycles. The number of carbonyl (C=O) groups is 1. The number of aromatic hydroxyl groups is 1. The number of thioether (sulfide) groups is 1. The molecule has 10 nitrogen and oxygen atoms in total. The highest BCUT2D eigenvalue weighted by atomic mass is 32.2. The third-order valence-electron chi connectivity index (χ3n) is 3.65. The zero-order valence-electron chi connectivity index (χ0n) is 14.7. The van der Waals surface area contributed by atoms with Crippen molar-refractivity contribution in [3.8, 4) is 11.4 Å². The van der Waals surface area contributed by atoms with Crippen LogP contribution >= 0.6 is 11.8 Å². The number of sulfonamides is 1. The normalized spacial score (nSPS) is 11.2. The molecule has 3 aromatic rings. The monoisotopic (exact) mass is 421 g/mol. The molecule has 1 heterocycles. The Morgan fingerprint density at radius 3 is 2.75 bits per heavy atom. The van der Waals surface area contributed by atoms with E-state index in [1.165, 1.54) is 22.5 Å². The maximum Gasteiger partial charge on any atom is 0.341 e. The van der Waals surface area contributed by atoms with Crippen LogP contribution in [0.25, 0.3) is 5.69 Å². The van der Waals surface area contributed by atoms with Gasteiger partial charge in [-0.3, -0.25) is 4.72 Å². The molecule has 0 aliphatic rings. The van der Waals surface area contributed by atoms with Crippen molar-refractivity contribution in [1.82, 2.24) is 20.2 Å². The molecule has 3 rings (SSSR count). The molecule has 0 spiro atoms. The van der Waals surface area contributed by atoms with Gasteiger partial charge >= 0.3 is 5.97 Å². The number of esters is 1. The minimum absolute atomic E-state index is 0.205. The van der Waals surface area contributed by atoms with Crippen molar-refractivity contribution in [2.45, 2.75) is 10.1 Å². The molecule has 2 N–H and O–H groups in total. The number of hydrogen-bond acceptors (Lipinski definition) is 9. The predicted molar refractivity (Wildman–Crippen MR) is 101 cm³/mol. The van der Waals surface area contributed by atoms with E-state index in [2.05, 4.69) is 25.0 Å². The van der Waals surface area contributed by atoms with Gasteiger partial charge in [-0.1, -0.05) is 17.8 Å². The third kappa shape index (κ3) is 3.92. The minimum Gasteiger partial charge on any atom is -0.507 e. The molecule has 1 aromatic heterocycles. The lowest BCUT2D eigenvalue weighted by atomic mass is 10.2. The first-order chi connectivity index (χ1) is 13.4. The number of nitrogens with zero attached hydrogens (tertiary/aromatic N) is 4. The first-order valence-electron chi connectivity index (χ1n) is 7.72. The topological polar surface area (TPSA) is 136 Å². The van der Waals surface area contributed by atoms with Gasteiger partial charge in [0.15, 0.2) is 0 Å². The van der Waals surface area contributed by atoms with Crippen LogP contribution in [0.2, 0.25) is 0 Å². The van der Waals surface area contributed by atoms with E-state index in [1.807, 2.05) is 6.26 Å². The Kier molecular flexibility index (Phi) is 5.51. The minimum atomic E-state index is -4.03. The summed E-state index contributed by atoms with van der Waals surface area (Å²) in [4.78, 5) is 11.5. The zero-order valence-corrected chi connectivity index (χ0v) is 16.4. The third-order valence-corrected chi connectivity index (χ3v) is 5.65. The molecule has 0 saturated heterocycles. The second-order valence-electron chi connectivity index (χ2n) is 5.40. The quantitative estimate of drug-likeness (QED) is 0.450. The van der Waals surface area contributed by atoms with Gasteiger partial charge in [-0.15, -0.1) is 5.10 Å². The van der Waals surface area contributed by atoms with E-state index < -0.39 is 16.0 Å². The van der Waals surface area contributed by atoms with E-state index in [9.17, 15) is 18.3 Å². The molecule has 28 heavy (non-hydrogen) atoms. The van der Waals surface area contributed by atoms with Gasteiger partial charge in [0.2, 0.25) is 5.16 Å². The van der Waals surface area contributed by atoms with Crippen LogP contribution in [0, 0.1) is 0 Å². The highest BCUT2D eigenvalue weighted by Crippen LogP contribution is 2.25. The van der Waals surface area contributed by atoms with E-state index in [0.717, 1.165) is 19.2 Å². The van der Waals surface area contributed by atoms with Gasteiger partial charge < -0.3 is 9.84 Å². The summed E-state index contributed by atoms with van der Waals surface area (Å²) in [6, 6.07) is 9.84. The van der Waals surface area contributed by atoms with Crippen LogP contribution in [0.1, 0.15) is 10.4 Å². The van der Waals surface area contributed by atoms with Crippen molar-refractivity contribution in [3.63, 3.8) is 0 Å². The van der Waals surface area contributed by atoms with Gasteiger partial charge in [0.1, 0.15) is 11.3 Å². The number of phenolic OH excluding ortho intramolecular Hbond substituents is 1. The number of aromatic nitrogens is 4. The average molecular weight is 421 g/mol. The Labute approximate surface area is 164 Å². The number of benzene rings is 2. The lowest BCUT2D eigenvalue weighted by Gasteiger charge is -2.11. The number of methoxy groups -OCH3 is 1. The van der Waals surface area contributed by atoms with Gasteiger partial charge in [-0.05, 0) is 53.1 Å². The molecule has 12 heteroatoms. The fraction of sp³-hybridized carbons (Fsp3) is 0.125. The molecule has 0 amide bonds. The molecular formula is C16H15N5O5S2. The SMILES string of the molecule is COC(=O)c1cc(S(=O)(=O)Nc2cccc(-n3nnnc3SC)c2)ccc1O. The number of carbonyl (C=O) groups excluding carboxylic acids is 1. The summed E-state index contributed by atoms with van der Waals surface area (Å²) < 4.78 is 33.8. The molecule has 2 aromatic carbocycles. The number of anilines is 1. The van der Waals surface area contributed by atoms with Crippen molar-refractivity contribution in [2.75, 3.05) is 18.1 Å². The fourth-order valence-corrected chi connectivity index (χ4v) is 3.85. The van der Waals surface area contributed by atoms with Crippen molar-refractivity contribution in [3.05, 3.63) is 48.0 Å². The Morgan fingerprint density at radius 1 is 1.25 bits per heavy atom. The van der Waals surface area contributed by atoms with Crippen LogP contribution in [0.4, 0.5) is 5.69 Å². The fourth-order valence-electron chi connectivity index (χ4n) is 2.34. The van der Waals surface area contributed by atoms with Crippen molar-refractivity contribution >= 4 is 33.4 Å². The Bertz CT molecular complexity index is 1130. The van der Waals surface area contributed by atoms with Gasteiger partial charge in [0.25, 0.3) is 10.0 Å². The Morgan fingerprint density at radius 2 is 2.04 bits per heavy atom. The first-order valence-corrected chi connectivity index (χ1v) is 10.4. The lowest BCUT2D eigenvalue weighted by Crippen LogP contribution is -2.14. The van der Waals surface area contributed by atoms with Crippen LogP contribution in [0.5, 0.6) is 5.75 Å². The van der Waals surface area contributed by atoms with Crippen LogP contribution in [0.15, 0.2) is 52.5 Å². The van der Waals surface area contributed by atoms with Crippen LogP contribution < -0.4 is 4.72 Å². The van der Waals surface area contributed by atoms with Gasteiger partial charge in [-0.2, -0.15) is 4.68 Å². The van der Waals surface area contributed by atoms with Crippen molar-refractivity contribution in [1.29, 1.82) is 0 Å². The molecule has 0 aliphatic heterocycles. The second kappa shape index (κ2) is 7.86. The summed E-state index contributed by atoms with van der Waals surface area (Å²) >= 11 is 1.34. The van der Waals surface area contributed by atoms with Crippen LogP contribution in [-0.2, 0) is 14.8 Å². The highest BCUT2D eigenvalue weighted by Gasteiger charge is 2.20. The number of phenols is 1. The van der Waals surface area contributed by atoms with Gasteiger partial charge in [0.05, 0.1) is 23.4 Å². The largest absolute Gasteiger partial charge is 0.507 e. The van der Waals surface area contributed by atoms with E-state index >= 15 is 0 Å². The Balaban J connectivity index is 1.93. The smallest absolute Gasteiger partial charge is 0.341 e. The molecule has 146 valence electrons. The summed E-state index contributed by atoms with van der Waals surface area (Å²) in [5, 5.41) is 21.6. The number of ether oxygens (including phenoxy) is 1. The van der Waals surface area contributed by atoms with Crippen molar-refractivity contribution < 1.29 is 23.1 Å². The van der Waals surface area contributed by atoms with E-state index in [1.54, 1.807) is 24.3 Å². The molecule has 0 bridgehead atoms. The number of rotatable bonds is 6. The van der Waals surface area contributed by atoms with E-state index in [-0.39, 0.29) is 21.9 Å². The van der Waals surface area contributed by atoms with Gasteiger partial charge in [-0.25, -0.2) is 13.2 Å². The maximum absolute atomic E-state index is 12.7. The zero-order chi connectivity index (χ0) is 20.3. The highest BCUT2D eigenvalue weighted by molar-refractivity contribution is 7.98. The number of nitrogens with one attached hydrogen (secondary N) is 1. The molecular weight excluding hydrogens is 406 g/mol. The van der Waals surface area contributed by atoms with Crippen LogP contribution in [-0.4, -0.2) is 53.1 Å². The first kappa shape index (κ1) is 19.6. The number of hydrogen-bond donors (Lipinski definition) is 2. The van der Waals surface area contributed by atoms with Gasteiger partial charge in [0, 0.05) is 0 Å². The molecule has 0 fully saturated rings. The maximum atomic E-state index is 12.7. The summed E-state index contributed by atoms with van der Waals surface area (Å²) in [5.41, 5.74) is 0.584.